The molecule has 18 heavy (non-hydrogen) atoms. The molecule has 5 nitrogen and oxygen atoms in total. The molecule has 0 aliphatic carbocycles. The van der Waals surface area contributed by atoms with E-state index in [0.29, 0.717) is 30.9 Å². The Morgan fingerprint density at radius 3 is 2.78 bits per heavy atom. The Bertz CT molecular complexity index is 453. The number of rotatable bonds is 1. The number of phenols is 2. The summed E-state index contributed by atoms with van der Waals surface area (Å²) in [6, 6.07) is 2.73. The average Bonchev–Trinajstić information content (AvgIpc) is 2.83. The molecule has 0 aromatic heterocycles. The molecule has 0 spiro atoms. The van der Waals surface area contributed by atoms with E-state index in [2.05, 4.69) is 0 Å². The highest BCUT2D eigenvalue weighted by atomic mass is 16.5. The molecule has 0 bridgehead atoms. The summed E-state index contributed by atoms with van der Waals surface area (Å²) in [7, 11) is 0. The van der Waals surface area contributed by atoms with Gasteiger partial charge in [0.25, 0.3) is 0 Å². The molecule has 1 fully saturated rings. The van der Waals surface area contributed by atoms with Crippen molar-refractivity contribution in [3.63, 3.8) is 0 Å². The minimum Gasteiger partial charge on any atom is -0.508 e. The zero-order chi connectivity index (χ0) is 12.7. The number of fused-ring (bicyclic) bond motifs is 1. The summed E-state index contributed by atoms with van der Waals surface area (Å²) < 4.78 is 11.0. The predicted octanol–water partition coefficient (Wildman–Crippen LogP) is 0.799. The van der Waals surface area contributed by atoms with Crippen LogP contribution in [0.4, 0.5) is 0 Å². The molecule has 0 radical (unpaired) electrons. The third-order valence-electron chi connectivity index (χ3n) is 3.66. The number of aliphatic hydroxyl groups excluding tert-OH is 1. The largest absolute Gasteiger partial charge is 0.508 e. The normalized spacial score (nSPS) is 30.8. The first kappa shape index (κ1) is 11.6. The molecule has 0 amide bonds. The van der Waals surface area contributed by atoms with Crippen molar-refractivity contribution in [1.82, 2.24) is 0 Å². The Hall–Kier alpha value is -1.46. The van der Waals surface area contributed by atoms with E-state index in [1.54, 1.807) is 0 Å². The van der Waals surface area contributed by atoms with Crippen LogP contribution in [0.25, 0.3) is 0 Å². The fourth-order valence-electron chi connectivity index (χ4n) is 2.70. The van der Waals surface area contributed by atoms with Gasteiger partial charge in [0, 0.05) is 36.6 Å². The second-order valence-corrected chi connectivity index (χ2v) is 4.92. The molecule has 2 aliphatic rings. The first-order chi connectivity index (χ1) is 8.65. The highest BCUT2D eigenvalue weighted by molar-refractivity contribution is 5.51. The molecule has 2 aliphatic heterocycles. The Kier molecular flexibility index (Phi) is 2.80. The number of aliphatic hydroxyl groups is 1. The highest BCUT2D eigenvalue weighted by Crippen LogP contribution is 2.40. The van der Waals surface area contributed by atoms with Gasteiger partial charge in [-0.25, -0.2) is 0 Å². The van der Waals surface area contributed by atoms with Gasteiger partial charge in [-0.3, -0.25) is 0 Å². The van der Waals surface area contributed by atoms with Crippen LogP contribution in [0.3, 0.4) is 0 Å². The summed E-state index contributed by atoms with van der Waals surface area (Å²) in [4.78, 5) is 0. The Labute approximate surface area is 105 Å². The minimum atomic E-state index is -0.653. The summed E-state index contributed by atoms with van der Waals surface area (Å²) in [5, 5.41) is 29.3. The van der Waals surface area contributed by atoms with Crippen molar-refractivity contribution in [3.05, 3.63) is 17.7 Å². The SMILES string of the molecule is Oc1cc(O)c2c(c1)OC(C1CCOC1)C(O)C2. The molecule has 2 heterocycles. The van der Waals surface area contributed by atoms with Gasteiger partial charge < -0.3 is 24.8 Å². The molecule has 3 atom stereocenters. The lowest BCUT2D eigenvalue weighted by Crippen LogP contribution is -2.43. The molecular weight excluding hydrogens is 236 g/mol. The second-order valence-electron chi connectivity index (χ2n) is 4.92. The van der Waals surface area contributed by atoms with E-state index in [4.69, 9.17) is 9.47 Å². The summed E-state index contributed by atoms with van der Waals surface area (Å²) in [6.45, 7) is 1.28. The first-order valence-electron chi connectivity index (χ1n) is 6.12. The lowest BCUT2D eigenvalue weighted by Gasteiger charge is -2.34. The summed E-state index contributed by atoms with van der Waals surface area (Å²) in [6.07, 6.45) is 0.214. The standard InChI is InChI=1S/C13H16O5/c14-8-3-10(15)9-5-11(16)13(18-12(9)4-8)7-1-2-17-6-7/h3-4,7,11,13-16H,1-2,5-6H2. The Balaban J connectivity index is 1.90. The van der Waals surface area contributed by atoms with Crippen LogP contribution in [-0.2, 0) is 11.2 Å². The molecule has 3 N–H and O–H groups in total. The topological polar surface area (TPSA) is 79.2 Å². The zero-order valence-corrected chi connectivity index (χ0v) is 9.87. The van der Waals surface area contributed by atoms with Gasteiger partial charge in [0.15, 0.2) is 0 Å². The quantitative estimate of drug-likeness (QED) is 0.689. The molecule has 0 saturated carbocycles. The van der Waals surface area contributed by atoms with Gasteiger partial charge in [0.05, 0.1) is 12.7 Å². The Morgan fingerprint density at radius 2 is 2.06 bits per heavy atom. The Morgan fingerprint density at radius 1 is 1.22 bits per heavy atom. The van der Waals surface area contributed by atoms with Crippen molar-refractivity contribution >= 4 is 0 Å². The van der Waals surface area contributed by atoms with E-state index in [0.717, 1.165) is 6.42 Å². The van der Waals surface area contributed by atoms with Crippen LogP contribution in [0.2, 0.25) is 0 Å². The number of ether oxygens (including phenoxy) is 2. The van der Waals surface area contributed by atoms with Gasteiger partial charge >= 0.3 is 0 Å². The van der Waals surface area contributed by atoms with Crippen molar-refractivity contribution in [2.45, 2.75) is 25.0 Å². The molecule has 3 rings (SSSR count). The molecule has 5 heteroatoms. The van der Waals surface area contributed by atoms with Crippen LogP contribution in [-0.4, -0.2) is 40.7 Å². The van der Waals surface area contributed by atoms with Crippen LogP contribution in [0, 0.1) is 5.92 Å². The molecule has 1 saturated heterocycles. The van der Waals surface area contributed by atoms with Gasteiger partial charge in [-0.05, 0) is 6.42 Å². The number of phenolic OH excluding ortho intramolecular Hbond substituents is 2. The molecule has 1 aromatic rings. The lowest BCUT2D eigenvalue weighted by atomic mass is 9.90. The van der Waals surface area contributed by atoms with Gasteiger partial charge in [-0.15, -0.1) is 0 Å². The number of aromatic hydroxyl groups is 2. The van der Waals surface area contributed by atoms with E-state index in [-0.39, 0.29) is 23.5 Å². The predicted molar refractivity (Wildman–Crippen MR) is 62.8 cm³/mol. The number of hydrogen-bond donors (Lipinski definition) is 3. The fraction of sp³-hybridized carbons (Fsp3) is 0.538. The van der Waals surface area contributed by atoms with Crippen LogP contribution in [0.15, 0.2) is 12.1 Å². The monoisotopic (exact) mass is 252 g/mol. The fourth-order valence-corrected chi connectivity index (χ4v) is 2.70. The van der Waals surface area contributed by atoms with Crippen molar-refractivity contribution in [3.8, 4) is 17.2 Å². The summed E-state index contributed by atoms with van der Waals surface area (Å²) in [5.41, 5.74) is 0.551. The maximum atomic E-state index is 10.1. The minimum absolute atomic E-state index is 0.0369. The molecular formula is C13H16O5. The third kappa shape index (κ3) is 1.89. The smallest absolute Gasteiger partial charge is 0.130 e. The maximum Gasteiger partial charge on any atom is 0.130 e. The van der Waals surface area contributed by atoms with Crippen LogP contribution in [0.5, 0.6) is 17.2 Å². The van der Waals surface area contributed by atoms with Crippen LogP contribution >= 0.6 is 0 Å². The highest BCUT2D eigenvalue weighted by Gasteiger charge is 2.37. The van der Waals surface area contributed by atoms with Gasteiger partial charge in [-0.2, -0.15) is 0 Å². The average molecular weight is 252 g/mol. The lowest BCUT2D eigenvalue weighted by molar-refractivity contribution is -0.0156. The number of benzene rings is 1. The van der Waals surface area contributed by atoms with Crippen LogP contribution in [0.1, 0.15) is 12.0 Å². The molecule has 98 valence electrons. The third-order valence-corrected chi connectivity index (χ3v) is 3.66. The van der Waals surface area contributed by atoms with Crippen molar-refractivity contribution in [2.75, 3.05) is 13.2 Å². The second kappa shape index (κ2) is 4.33. The first-order valence-corrected chi connectivity index (χ1v) is 6.12. The van der Waals surface area contributed by atoms with E-state index in [9.17, 15) is 15.3 Å². The van der Waals surface area contributed by atoms with E-state index in [1.807, 2.05) is 0 Å². The van der Waals surface area contributed by atoms with Crippen molar-refractivity contribution < 1.29 is 24.8 Å². The van der Waals surface area contributed by atoms with E-state index < -0.39 is 6.10 Å². The zero-order valence-electron chi connectivity index (χ0n) is 9.87. The maximum absolute atomic E-state index is 10.1. The molecule has 1 aromatic carbocycles. The van der Waals surface area contributed by atoms with Crippen molar-refractivity contribution in [2.24, 2.45) is 5.92 Å². The summed E-state index contributed by atoms with van der Waals surface area (Å²) >= 11 is 0. The number of hydrogen-bond acceptors (Lipinski definition) is 5. The van der Waals surface area contributed by atoms with E-state index in [1.165, 1.54) is 12.1 Å². The van der Waals surface area contributed by atoms with Gasteiger partial charge in [0.2, 0.25) is 0 Å². The summed E-state index contributed by atoms with van der Waals surface area (Å²) in [5.74, 6) is 0.543. The van der Waals surface area contributed by atoms with E-state index >= 15 is 0 Å². The van der Waals surface area contributed by atoms with Gasteiger partial charge in [-0.1, -0.05) is 0 Å². The van der Waals surface area contributed by atoms with Crippen LogP contribution < -0.4 is 4.74 Å². The van der Waals surface area contributed by atoms with Gasteiger partial charge in [0.1, 0.15) is 23.4 Å². The van der Waals surface area contributed by atoms with Crippen molar-refractivity contribution in [1.29, 1.82) is 0 Å². The molecule has 3 unspecified atom stereocenters.